The van der Waals surface area contributed by atoms with Gasteiger partial charge in [0.2, 0.25) is 0 Å². The molecule has 0 saturated heterocycles. The molecule has 1 aromatic heterocycles. The van der Waals surface area contributed by atoms with Gasteiger partial charge in [-0.15, -0.1) is 0 Å². The standard InChI is InChI=1S/C6H5F2N3O/c7-5(8)3-1-4(6(9)12)11-2-10-3/h1-2,5H,(H2,9,12). The first kappa shape index (κ1) is 8.51. The maximum Gasteiger partial charge on any atom is 0.280 e. The summed E-state index contributed by atoms with van der Waals surface area (Å²) in [5.74, 6) is -0.848. The molecule has 0 aliphatic heterocycles. The van der Waals surface area contributed by atoms with Gasteiger partial charge in [0.15, 0.2) is 0 Å². The fourth-order valence-corrected chi connectivity index (χ4v) is 0.626. The molecule has 0 unspecified atom stereocenters. The lowest BCUT2D eigenvalue weighted by atomic mass is 10.3. The molecule has 1 aromatic rings. The predicted molar refractivity (Wildman–Crippen MR) is 35.5 cm³/mol. The highest BCUT2D eigenvalue weighted by Crippen LogP contribution is 2.15. The molecule has 64 valence electrons. The summed E-state index contributed by atoms with van der Waals surface area (Å²) < 4.78 is 23.9. The number of aromatic nitrogens is 2. The third-order valence-corrected chi connectivity index (χ3v) is 1.16. The van der Waals surface area contributed by atoms with Crippen molar-refractivity contribution in [1.82, 2.24) is 9.97 Å². The zero-order valence-corrected chi connectivity index (χ0v) is 5.87. The Morgan fingerprint density at radius 1 is 1.50 bits per heavy atom. The molecule has 0 saturated carbocycles. The minimum Gasteiger partial charge on any atom is -0.364 e. The molecular formula is C6H5F2N3O. The first-order chi connectivity index (χ1) is 5.61. The Labute approximate surface area is 66.4 Å². The van der Waals surface area contributed by atoms with E-state index >= 15 is 0 Å². The third kappa shape index (κ3) is 1.71. The van der Waals surface area contributed by atoms with Gasteiger partial charge in [-0.1, -0.05) is 0 Å². The second-order valence-corrected chi connectivity index (χ2v) is 1.99. The molecule has 0 radical (unpaired) electrons. The molecule has 12 heavy (non-hydrogen) atoms. The molecule has 0 aliphatic rings. The Bertz CT molecular complexity index is 303. The van der Waals surface area contributed by atoms with Crippen molar-refractivity contribution in [3.05, 3.63) is 23.8 Å². The summed E-state index contributed by atoms with van der Waals surface area (Å²) in [4.78, 5) is 17.1. The average molecular weight is 173 g/mol. The van der Waals surface area contributed by atoms with Crippen LogP contribution in [0.2, 0.25) is 0 Å². The number of primary amides is 1. The van der Waals surface area contributed by atoms with E-state index in [-0.39, 0.29) is 5.69 Å². The van der Waals surface area contributed by atoms with E-state index in [1.54, 1.807) is 0 Å². The van der Waals surface area contributed by atoms with Crippen molar-refractivity contribution in [2.75, 3.05) is 0 Å². The minimum atomic E-state index is -2.72. The van der Waals surface area contributed by atoms with E-state index in [0.717, 1.165) is 12.4 Å². The Kier molecular flexibility index (Phi) is 2.27. The molecule has 1 rings (SSSR count). The van der Waals surface area contributed by atoms with Gasteiger partial charge in [-0.3, -0.25) is 4.79 Å². The van der Waals surface area contributed by atoms with Crippen molar-refractivity contribution >= 4 is 5.91 Å². The first-order valence-electron chi connectivity index (χ1n) is 3.01. The van der Waals surface area contributed by atoms with E-state index in [0.29, 0.717) is 0 Å². The smallest absolute Gasteiger partial charge is 0.280 e. The summed E-state index contributed by atoms with van der Waals surface area (Å²) >= 11 is 0. The molecule has 0 atom stereocenters. The van der Waals surface area contributed by atoms with Gasteiger partial charge in [-0.05, 0) is 6.07 Å². The van der Waals surface area contributed by atoms with Crippen molar-refractivity contribution in [1.29, 1.82) is 0 Å². The van der Waals surface area contributed by atoms with E-state index in [1.807, 2.05) is 0 Å². The van der Waals surface area contributed by atoms with E-state index in [1.165, 1.54) is 0 Å². The highest BCUT2D eigenvalue weighted by molar-refractivity contribution is 5.90. The quantitative estimate of drug-likeness (QED) is 0.708. The Morgan fingerprint density at radius 3 is 2.67 bits per heavy atom. The van der Waals surface area contributed by atoms with Crippen LogP contribution in [0.5, 0.6) is 0 Å². The molecule has 0 fully saturated rings. The number of nitrogens with two attached hydrogens (primary N) is 1. The van der Waals surface area contributed by atoms with Gasteiger partial charge >= 0.3 is 0 Å². The maximum atomic E-state index is 12.0. The van der Waals surface area contributed by atoms with Crippen LogP contribution in [0.15, 0.2) is 12.4 Å². The molecule has 1 amide bonds. The lowest BCUT2D eigenvalue weighted by Crippen LogP contribution is -2.13. The van der Waals surface area contributed by atoms with Crippen LogP contribution in [-0.4, -0.2) is 15.9 Å². The van der Waals surface area contributed by atoms with Crippen LogP contribution in [0.25, 0.3) is 0 Å². The number of amides is 1. The Hall–Kier alpha value is -1.59. The fourth-order valence-electron chi connectivity index (χ4n) is 0.626. The topological polar surface area (TPSA) is 68.9 Å². The van der Waals surface area contributed by atoms with Gasteiger partial charge in [-0.2, -0.15) is 0 Å². The second-order valence-electron chi connectivity index (χ2n) is 1.99. The van der Waals surface area contributed by atoms with Crippen molar-refractivity contribution in [3.8, 4) is 0 Å². The van der Waals surface area contributed by atoms with Gasteiger partial charge in [0.25, 0.3) is 12.3 Å². The fraction of sp³-hybridized carbons (Fsp3) is 0.167. The molecular weight excluding hydrogens is 168 g/mol. The van der Waals surface area contributed by atoms with Gasteiger partial charge in [0.1, 0.15) is 17.7 Å². The summed E-state index contributed by atoms with van der Waals surface area (Å²) in [5, 5.41) is 0. The highest BCUT2D eigenvalue weighted by atomic mass is 19.3. The summed E-state index contributed by atoms with van der Waals surface area (Å²) in [6, 6.07) is 0.868. The van der Waals surface area contributed by atoms with E-state index in [4.69, 9.17) is 5.73 Å². The SMILES string of the molecule is NC(=O)c1cc(C(F)F)ncn1. The molecule has 0 aliphatic carbocycles. The van der Waals surface area contributed by atoms with Crippen LogP contribution < -0.4 is 5.73 Å². The lowest BCUT2D eigenvalue weighted by Gasteiger charge is -1.98. The molecule has 0 spiro atoms. The van der Waals surface area contributed by atoms with Crippen LogP contribution in [-0.2, 0) is 0 Å². The Morgan fingerprint density at radius 2 is 2.17 bits per heavy atom. The normalized spacial score (nSPS) is 10.2. The summed E-state index contributed by atoms with van der Waals surface area (Å²) in [6.07, 6.45) is -1.84. The van der Waals surface area contributed by atoms with Crippen molar-refractivity contribution in [2.45, 2.75) is 6.43 Å². The summed E-state index contributed by atoms with van der Waals surface area (Å²) in [6.45, 7) is 0. The minimum absolute atomic E-state index is 0.208. The number of hydrogen-bond donors (Lipinski definition) is 1. The number of rotatable bonds is 2. The van der Waals surface area contributed by atoms with Crippen LogP contribution in [0, 0.1) is 0 Å². The number of carbonyl (C=O) groups is 1. The third-order valence-electron chi connectivity index (χ3n) is 1.16. The summed E-state index contributed by atoms with van der Waals surface area (Å²) in [5.41, 5.74) is 4.10. The van der Waals surface area contributed by atoms with Gasteiger partial charge < -0.3 is 5.73 Å². The average Bonchev–Trinajstić information content (AvgIpc) is 2.04. The molecule has 1 heterocycles. The van der Waals surface area contributed by atoms with E-state index < -0.39 is 18.0 Å². The van der Waals surface area contributed by atoms with Crippen molar-refractivity contribution < 1.29 is 13.6 Å². The van der Waals surface area contributed by atoms with Gasteiger partial charge in [-0.25, -0.2) is 18.7 Å². The largest absolute Gasteiger partial charge is 0.364 e. The van der Waals surface area contributed by atoms with Crippen molar-refractivity contribution in [2.24, 2.45) is 5.73 Å². The van der Waals surface area contributed by atoms with E-state index in [9.17, 15) is 13.6 Å². The van der Waals surface area contributed by atoms with Gasteiger partial charge in [0.05, 0.1) is 0 Å². The zero-order valence-electron chi connectivity index (χ0n) is 5.87. The molecule has 2 N–H and O–H groups in total. The highest BCUT2D eigenvalue weighted by Gasteiger charge is 2.11. The number of hydrogen-bond acceptors (Lipinski definition) is 3. The maximum absolute atomic E-state index is 12.0. The predicted octanol–water partition coefficient (Wildman–Crippen LogP) is 0.513. The number of alkyl halides is 2. The molecule has 6 heteroatoms. The number of halogens is 2. The van der Waals surface area contributed by atoms with Crippen LogP contribution >= 0.6 is 0 Å². The number of carbonyl (C=O) groups excluding carboxylic acids is 1. The van der Waals surface area contributed by atoms with Crippen LogP contribution in [0.4, 0.5) is 8.78 Å². The first-order valence-corrected chi connectivity index (χ1v) is 3.01. The van der Waals surface area contributed by atoms with Crippen molar-refractivity contribution in [3.63, 3.8) is 0 Å². The number of nitrogens with zero attached hydrogens (tertiary/aromatic N) is 2. The monoisotopic (exact) mass is 173 g/mol. The lowest BCUT2D eigenvalue weighted by molar-refractivity contribution is 0.0994. The van der Waals surface area contributed by atoms with E-state index in [2.05, 4.69) is 9.97 Å². The molecule has 0 bridgehead atoms. The zero-order chi connectivity index (χ0) is 9.14. The second kappa shape index (κ2) is 3.21. The summed E-state index contributed by atoms with van der Waals surface area (Å²) in [7, 11) is 0. The van der Waals surface area contributed by atoms with Crippen LogP contribution in [0.3, 0.4) is 0 Å². The Balaban J connectivity index is 3.04. The molecule has 4 nitrogen and oxygen atoms in total. The van der Waals surface area contributed by atoms with Crippen LogP contribution in [0.1, 0.15) is 22.6 Å². The molecule has 0 aromatic carbocycles. The van der Waals surface area contributed by atoms with Gasteiger partial charge in [0, 0.05) is 0 Å².